The quantitative estimate of drug-likeness (QED) is 0.671. The standard InChI is InChI=1S/C12H21N3O3/c1-11(2,3)18-10(17)15-8-4-5-12(15)6-7-13-14-9(12)16/h13H,4-8H2,1-3H3,(H,14,16). The van der Waals surface area contributed by atoms with Gasteiger partial charge in [-0.1, -0.05) is 0 Å². The van der Waals surface area contributed by atoms with E-state index in [0.29, 0.717) is 25.9 Å². The number of amides is 2. The zero-order valence-corrected chi connectivity index (χ0v) is 11.2. The van der Waals surface area contributed by atoms with Crippen LogP contribution in [0.2, 0.25) is 0 Å². The van der Waals surface area contributed by atoms with Gasteiger partial charge in [-0.05, 0) is 40.0 Å². The van der Waals surface area contributed by atoms with Crippen molar-refractivity contribution in [2.75, 3.05) is 13.1 Å². The molecular formula is C12H21N3O3. The Morgan fingerprint density at radius 2 is 2.11 bits per heavy atom. The van der Waals surface area contributed by atoms with Crippen molar-refractivity contribution in [3.8, 4) is 0 Å². The van der Waals surface area contributed by atoms with Gasteiger partial charge in [0.2, 0.25) is 0 Å². The minimum atomic E-state index is -0.715. The fraction of sp³-hybridized carbons (Fsp3) is 0.833. The van der Waals surface area contributed by atoms with Gasteiger partial charge in [-0.2, -0.15) is 0 Å². The summed E-state index contributed by atoms with van der Waals surface area (Å²) in [5, 5.41) is 0. The number of hydrogen-bond donors (Lipinski definition) is 2. The summed E-state index contributed by atoms with van der Waals surface area (Å²) in [6, 6.07) is 0. The van der Waals surface area contributed by atoms with E-state index in [1.165, 1.54) is 0 Å². The molecule has 2 N–H and O–H groups in total. The smallest absolute Gasteiger partial charge is 0.411 e. The van der Waals surface area contributed by atoms with Crippen LogP contribution in [-0.4, -0.2) is 41.1 Å². The second-order valence-corrected chi connectivity index (χ2v) is 5.90. The molecule has 0 aliphatic carbocycles. The number of nitrogens with one attached hydrogen (secondary N) is 2. The fourth-order valence-corrected chi connectivity index (χ4v) is 2.60. The fourth-order valence-electron chi connectivity index (χ4n) is 2.60. The highest BCUT2D eigenvalue weighted by Crippen LogP contribution is 2.34. The van der Waals surface area contributed by atoms with Crippen LogP contribution < -0.4 is 10.9 Å². The molecule has 0 bridgehead atoms. The van der Waals surface area contributed by atoms with Crippen molar-refractivity contribution in [3.63, 3.8) is 0 Å². The highest BCUT2D eigenvalue weighted by Gasteiger charge is 2.51. The maximum Gasteiger partial charge on any atom is 0.411 e. The first-order valence-electron chi connectivity index (χ1n) is 6.39. The number of ether oxygens (including phenoxy) is 1. The zero-order chi connectivity index (χ0) is 13.4. The average Bonchev–Trinajstić information content (AvgIpc) is 2.65. The molecule has 1 unspecified atom stereocenters. The van der Waals surface area contributed by atoms with Gasteiger partial charge in [0.25, 0.3) is 5.91 Å². The van der Waals surface area contributed by atoms with E-state index in [9.17, 15) is 9.59 Å². The highest BCUT2D eigenvalue weighted by atomic mass is 16.6. The lowest BCUT2D eigenvalue weighted by atomic mass is 9.90. The van der Waals surface area contributed by atoms with Gasteiger partial charge in [0.1, 0.15) is 11.1 Å². The van der Waals surface area contributed by atoms with Crippen molar-refractivity contribution < 1.29 is 14.3 Å². The molecule has 1 atom stereocenters. The second-order valence-electron chi connectivity index (χ2n) is 5.90. The maximum absolute atomic E-state index is 12.2. The van der Waals surface area contributed by atoms with E-state index in [1.807, 2.05) is 20.8 Å². The van der Waals surface area contributed by atoms with Gasteiger partial charge in [-0.15, -0.1) is 0 Å². The topological polar surface area (TPSA) is 70.7 Å². The molecule has 2 heterocycles. The van der Waals surface area contributed by atoms with E-state index >= 15 is 0 Å². The van der Waals surface area contributed by atoms with Gasteiger partial charge in [0.05, 0.1) is 0 Å². The first kappa shape index (κ1) is 13.1. The molecule has 6 nitrogen and oxygen atoms in total. The Kier molecular flexibility index (Phi) is 3.23. The third kappa shape index (κ3) is 2.29. The van der Waals surface area contributed by atoms with Crippen molar-refractivity contribution in [3.05, 3.63) is 0 Å². The summed E-state index contributed by atoms with van der Waals surface area (Å²) in [4.78, 5) is 25.9. The number of rotatable bonds is 0. The van der Waals surface area contributed by atoms with E-state index in [2.05, 4.69) is 10.9 Å². The van der Waals surface area contributed by atoms with Gasteiger partial charge < -0.3 is 4.74 Å². The van der Waals surface area contributed by atoms with Crippen LogP contribution >= 0.6 is 0 Å². The van der Waals surface area contributed by atoms with Crippen molar-refractivity contribution in [2.45, 2.75) is 51.2 Å². The monoisotopic (exact) mass is 255 g/mol. The lowest BCUT2D eigenvalue weighted by Crippen LogP contribution is -2.65. The summed E-state index contributed by atoms with van der Waals surface area (Å²) in [5.74, 6) is -0.128. The molecule has 0 aromatic heterocycles. The maximum atomic E-state index is 12.2. The minimum Gasteiger partial charge on any atom is -0.444 e. The van der Waals surface area contributed by atoms with Crippen LogP contribution in [0.4, 0.5) is 4.79 Å². The molecule has 6 heteroatoms. The molecule has 2 amide bonds. The Balaban J connectivity index is 2.16. The van der Waals surface area contributed by atoms with E-state index < -0.39 is 17.2 Å². The molecule has 0 saturated carbocycles. The van der Waals surface area contributed by atoms with Gasteiger partial charge in [0, 0.05) is 13.1 Å². The van der Waals surface area contributed by atoms with Crippen LogP contribution in [0.3, 0.4) is 0 Å². The third-order valence-corrected chi connectivity index (χ3v) is 3.39. The molecule has 2 aliphatic rings. The Labute approximate surface area is 107 Å². The largest absolute Gasteiger partial charge is 0.444 e. The summed E-state index contributed by atoms with van der Waals surface area (Å²) in [6.07, 6.45) is 1.79. The van der Waals surface area contributed by atoms with Crippen molar-refractivity contribution in [1.29, 1.82) is 0 Å². The van der Waals surface area contributed by atoms with Crippen molar-refractivity contribution in [1.82, 2.24) is 15.8 Å². The summed E-state index contributed by atoms with van der Waals surface area (Å²) in [5.41, 5.74) is 4.19. The molecule has 2 rings (SSSR count). The Morgan fingerprint density at radius 1 is 1.39 bits per heavy atom. The molecule has 102 valence electrons. The SMILES string of the molecule is CC(C)(C)OC(=O)N1CCCC12CCNNC2=O. The van der Waals surface area contributed by atoms with Gasteiger partial charge in [-0.25, -0.2) is 10.2 Å². The number of hydrogen-bond acceptors (Lipinski definition) is 4. The van der Waals surface area contributed by atoms with E-state index in [4.69, 9.17) is 4.74 Å². The van der Waals surface area contributed by atoms with Crippen LogP contribution in [0.15, 0.2) is 0 Å². The number of likely N-dealkylation sites (tertiary alicyclic amines) is 1. The lowest BCUT2D eigenvalue weighted by molar-refractivity contribution is -0.135. The minimum absolute atomic E-state index is 0.128. The van der Waals surface area contributed by atoms with Gasteiger partial charge in [-0.3, -0.25) is 15.1 Å². The molecular weight excluding hydrogens is 234 g/mol. The number of carbonyl (C=O) groups is 2. The summed E-state index contributed by atoms with van der Waals surface area (Å²) < 4.78 is 5.38. The predicted octanol–water partition coefficient (Wildman–Crippen LogP) is 0.781. The van der Waals surface area contributed by atoms with Crippen LogP contribution in [0.1, 0.15) is 40.0 Å². The summed E-state index contributed by atoms with van der Waals surface area (Å²) >= 11 is 0. The molecule has 18 heavy (non-hydrogen) atoms. The van der Waals surface area contributed by atoms with Gasteiger partial charge >= 0.3 is 6.09 Å². The van der Waals surface area contributed by atoms with Crippen LogP contribution in [0.5, 0.6) is 0 Å². The molecule has 0 aromatic carbocycles. The first-order valence-corrected chi connectivity index (χ1v) is 6.39. The first-order chi connectivity index (χ1) is 8.35. The number of hydrazine groups is 1. The predicted molar refractivity (Wildman–Crippen MR) is 65.7 cm³/mol. The Bertz CT molecular complexity index is 364. The van der Waals surface area contributed by atoms with Crippen molar-refractivity contribution >= 4 is 12.0 Å². The van der Waals surface area contributed by atoms with E-state index in [0.717, 1.165) is 6.42 Å². The third-order valence-electron chi connectivity index (χ3n) is 3.39. The molecule has 0 radical (unpaired) electrons. The second kappa shape index (κ2) is 4.42. The normalized spacial score (nSPS) is 28.4. The van der Waals surface area contributed by atoms with E-state index in [-0.39, 0.29) is 5.91 Å². The highest BCUT2D eigenvalue weighted by molar-refractivity contribution is 5.90. The molecule has 2 aliphatic heterocycles. The van der Waals surface area contributed by atoms with Crippen LogP contribution in [-0.2, 0) is 9.53 Å². The molecule has 1 spiro atoms. The number of carbonyl (C=O) groups excluding carboxylic acids is 2. The van der Waals surface area contributed by atoms with Crippen LogP contribution in [0.25, 0.3) is 0 Å². The average molecular weight is 255 g/mol. The summed E-state index contributed by atoms with van der Waals surface area (Å²) in [6.45, 7) is 6.75. The Morgan fingerprint density at radius 3 is 2.72 bits per heavy atom. The van der Waals surface area contributed by atoms with E-state index in [1.54, 1.807) is 4.90 Å². The van der Waals surface area contributed by atoms with Crippen LogP contribution in [0, 0.1) is 0 Å². The zero-order valence-electron chi connectivity index (χ0n) is 11.2. The lowest BCUT2D eigenvalue weighted by Gasteiger charge is -2.40. The number of nitrogens with zero attached hydrogens (tertiary/aromatic N) is 1. The molecule has 2 fully saturated rings. The van der Waals surface area contributed by atoms with Crippen molar-refractivity contribution in [2.24, 2.45) is 0 Å². The summed E-state index contributed by atoms with van der Waals surface area (Å²) in [7, 11) is 0. The van der Waals surface area contributed by atoms with Gasteiger partial charge in [0.15, 0.2) is 0 Å². The molecule has 0 aromatic rings. The Hall–Kier alpha value is -1.30. The molecule has 2 saturated heterocycles.